The number of nitrogens with one attached hydrogen (secondary N) is 1. The summed E-state index contributed by atoms with van der Waals surface area (Å²) in [5, 5.41) is 12.0. The molecule has 6 rings (SSSR count). The minimum absolute atomic E-state index is 0.273. The van der Waals surface area contributed by atoms with Gasteiger partial charge in [0.05, 0.1) is 24.1 Å². The van der Waals surface area contributed by atoms with Crippen molar-refractivity contribution in [3.05, 3.63) is 58.9 Å². The fraction of sp³-hybridized carbons (Fsp3) is 0.200. The van der Waals surface area contributed by atoms with Crippen LogP contribution in [0.15, 0.2) is 52.9 Å². The van der Waals surface area contributed by atoms with E-state index in [9.17, 15) is 4.79 Å². The summed E-state index contributed by atoms with van der Waals surface area (Å²) in [4.78, 5) is 25.7. The summed E-state index contributed by atoms with van der Waals surface area (Å²) in [6.45, 7) is 1.31. The molecule has 1 aromatic carbocycles. The third-order valence-corrected chi connectivity index (χ3v) is 5.93. The molecule has 1 aliphatic rings. The molecule has 1 aliphatic heterocycles. The number of hydrogen-bond donors (Lipinski definition) is 1. The van der Waals surface area contributed by atoms with Gasteiger partial charge < -0.3 is 9.47 Å². The van der Waals surface area contributed by atoms with Crippen LogP contribution in [0.3, 0.4) is 0 Å². The normalized spacial score (nSPS) is 13.5. The maximum atomic E-state index is 12.9. The monoisotopic (exact) mass is 448 g/mol. The molecule has 0 amide bonds. The highest BCUT2D eigenvalue weighted by Crippen LogP contribution is 2.32. The Hall–Kier alpha value is -3.93. The molecule has 0 saturated carbocycles. The van der Waals surface area contributed by atoms with Crippen LogP contribution in [-0.2, 0) is 5.75 Å². The summed E-state index contributed by atoms with van der Waals surface area (Å²) in [6.07, 6.45) is 5.34. The first-order valence-corrected chi connectivity index (χ1v) is 10.9. The van der Waals surface area contributed by atoms with Crippen LogP contribution in [0.5, 0.6) is 11.5 Å². The number of nitrogens with zero attached hydrogens (tertiary/aromatic N) is 7. The van der Waals surface area contributed by atoms with Crippen molar-refractivity contribution in [2.24, 2.45) is 0 Å². The van der Waals surface area contributed by atoms with Gasteiger partial charge in [0, 0.05) is 24.6 Å². The lowest BCUT2D eigenvalue weighted by Gasteiger charge is -2.08. The van der Waals surface area contributed by atoms with E-state index in [-0.39, 0.29) is 5.56 Å². The first-order valence-electron chi connectivity index (χ1n) is 9.90. The Balaban J connectivity index is 1.30. The SMILES string of the molecule is O=c1c2cnc3nc(SCc4ccc5c(c4)OCCCO5)nn3c2ccn1-c1ncn[nH]1. The van der Waals surface area contributed by atoms with Crippen LogP contribution in [0.4, 0.5) is 0 Å². The Kier molecular flexibility index (Phi) is 4.49. The van der Waals surface area contributed by atoms with E-state index in [1.165, 1.54) is 28.9 Å². The molecule has 0 unspecified atom stereocenters. The molecule has 5 aromatic rings. The molecule has 4 aromatic heterocycles. The number of rotatable bonds is 4. The second kappa shape index (κ2) is 7.64. The second-order valence-corrected chi connectivity index (χ2v) is 8.03. The molecule has 0 saturated heterocycles. The summed E-state index contributed by atoms with van der Waals surface area (Å²) in [7, 11) is 0. The van der Waals surface area contributed by atoms with E-state index < -0.39 is 0 Å². The van der Waals surface area contributed by atoms with Gasteiger partial charge >= 0.3 is 0 Å². The van der Waals surface area contributed by atoms with Crippen LogP contribution in [0.1, 0.15) is 12.0 Å². The highest BCUT2D eigenvalue weighted by atomic mass is 32.2. The average molecular weight is 448 g/mol. The summed E-state index contributed by atoms with van der Waals surface area (Å²) in [5.41, 5.74) is 1.42. The number of aromatic nitrogens is 8. The number of hydrogen-bond acceptors (Lipinski definition) is 9. The molecule has 0 atom stereocenters. The Morgan fingerprint density at radius 2 is 2.03 bits per heavy atom. The highest BCUT2D eigenvalue weighted by molar-refractivity contribution is 7.98. The van der Waals surface area contributed by atoms with E-state index in [1.807, 2.05) is 18.2 Å². The zero-order valence-electron chi connectivity index (χ0n) is 16.6. The van der Waals surface area contributed by atoms with Gasteiger partial charge in [-0.15, -0.1) is 5.10 Å². The van der Waals surface area contributed by atoms with Gasteiger partial charge in [-0.1, -0.05) is 17.8 Å². The summed E-state index contributed by atoms with van der Waals surface area (Å²) < 4.78 is 14.4. The molecule has 0 spiro atoms. The standard InChI is InChI=1S/C20H16N8O3S/c29-17-13-9-21-18-24-20(26-28(18)14(13)4-5-27(17)19-22-11-23-25-19)32-10-12-2-3-15-16(8-12)31-7-1-6-30-15/h2-5,8-9,11H,1,6-7,10H2,(H,22,23,25). The number of aromatic amines is 1. The predicted octanol–water partition coefficient (Wildman–Crippen LogP) is 2.00. The quantitative estimate of drug-likeness (QED) is 0.411. The van der Waals surface area contributed by atoms with Crippen molar-refractivity contribution < 1.29 is 9.47 Å². The van der Waals surface area contributed by atoms with Crippen LogP contribution in [0.2, 0.25) is 0 Å². The number of thioether (sulfide) groups is 1. The van der Waals surface area contributed by atoms with Crippen molar-refractivity contribution in [2.75, 3.05) is 13.2 Å². The van der Waals surface area contributed by atoms with Crippen LogP contribution in [0.25, 0.3) is 22.6 Å². The van der Waals surface area contributed by atoms with Gasteiger partial charge in [0.1, 0.15) is 6.33 Å². The zero-order chi connectivity index (χ0) is 21.5. The van der Waals surface area contributed by atoms with Gasteiger partial charge in [-0.05, 0) is 23.8 Å². The van der Waals surface area contributed by atoms with Gasteiger partial charge in [-0.25, -0.2) is 10.1 Å². The molecular formula is C20H16N8O3S. The van der Waals surface area contributed by atoms with Crippen LogP contribution in [-0.4, -0.2) is 52.5 Å². The molecule has 32 heavy (non-hydrogen) atoms. The first kappa shape index (κ1) is 18.8. The number of pyridine rings is 1. The molecule has 0 bridgehead atoms. The molecule has 0 aliphatic carbocycles. The summed E-state index contributed by atoms with van der Waals surface area (Å²) >= 11 is 1.48. The number of fused-ring (bicyclic) bond motifs is 4. The Morgan fingerprint density at radius 3 is 2.91 bits per heavy atom. The average Bonchev–Trinajstić information content (AvgIpc) is 3.43. The number of ether oxygens (including phenoxy) is 2. The summed E-state index contributed by atoms with van der Waals surface area (Å²) in [5.74, 6) is 2.95. The topological polar surface area (TPSA) is 125 Å². The zero-order valence-corrected chi connectivity index (χ0v) is 17.4. The molecule has 0 radical (unpaired) electrons. The van der Waals surface area contributed by atoms with Crippen molar-refractivity contribution in [3.63, 3.8) is 0 Å². The predicted molar refractivity (Wildman–Crippen MR) is 115 cm³/mol. The lowest BCUT2D eigenvalue weighted by atomic mass is 10.2. The second-order valence-electron chi connectivity index (χ2n) is 7.08. The van der Waals surface area contributed by atoms with Gasteiger partial charge in [-0.2, -0.15) is 19.6 Å². The molecule has 1 N–H and O–H groups in total. The van der Waals surface area contributed by atoms with Crippen molar-refractivity contribution in [3.8, 4) is 17.4 Å². The third-order valence-electron chi connectivity index (χ3n) is 5.02. The van der Waals surface area contributed by atoms with E-state index in [0.717, 1.165) is 23.5 Å². The van der Waals surface area contributed by atoms with Crippen molar-refractivity contribution in [1.29, 1.82) is 0 Å². The minimum Gasteiger partial charge on any atom is -0.490 e. The number of H-pyrrole nitrogens is 1. The maximum absolute atomic E-state index is 12.9. The van der Waals surface area contributed by atoms with Gasteiger partial charge in [0.25, 0.3) is 11.3 Å². The van der Waals surface area contributed by atoms with E-state index >= 15 is 0 Å². The number of benzene rings is 1. The van der Waals surface area contributed by atoms with Crippen molar-refractivity contribution >= 4 is 28.4 Å². The van der Waals surface area contributed by atoms with Gasteiger partial charge in [0.2, 0.25) is 11.1 Å². The smallest absolute Gasteiger partial charge is 0.268 e. The lowest BCUT2D eigenvalue weighted by Crippen LogP contribution is -2.19. The fourth-order valence-electron chi connectivity index (χ4n) is 3.49. The van der Waals surface area contributed by atoms with E-state index in [2.05, 4.69) is 30.2 Å². The van der Waals surface area contributed by atoms with E-state index in [0.29, 0.717) is 46.8 Å². The van der Waals surface area contributed by atoms with Crippen molar-refractivity contribution in [2.45, 2.75) is 17.3 Å². The Bertz CT molecular complexity index is 1490. The molecular weight excluding hydrogens is 432 g/mol. The van der Waals surface area contributed by atoms with Crippen molar-refractivity contribution in [1.82, 2.24) is 39.3 Å². The summed E-state index contributed by atoms with van der Waals surface area (Å²) in [6, 6.07) is 7.71. The first-order chi connectivity index (χ1) is 15.8. The van der Waals surface area contributed by atoms with Crippen LogP contribution in [0, 0.1) is 0 Å². The largest absolute Gasteiger partial charge is 0.490 e. The van der Waals surface area contributed by atoms with Gasteiger partial charge in [0.15, 0.2) is 11.5 Å². The van der Waals surface area contributed by atoms with Gasteiger partial charge in [-0.3, -0.25) is 9.36 Å². The fourth-order valence-corrected chi connectivity index (χ4v) is 4.25. The molecule has 0 fully saturated rings. The highest BCUT2D eigenvalue weighted by Gasteiger charge is 2.15. The lowest BCUT2D eigenvalue weighted by molar-refractivity contribution is 0.297. The van der Waals surface area contributed by atoms with Crippen LogP contribution >= 0.6 is 11.8 Å². The molecule has 12 heteroatoms. The van der Waals surface area contributed by atoms with E-state index in [4.69, 9.17) is 9.47 Å². The minimum atomic E-state index is -0.273. The maximum Gasteiger partial charge on any atom is 0.268 e. The van der Waals surface area contributed by atoms with E-state index in [1.54, 1.807) is 16.8 Å². The molecule has 11 nitrogen and oxygen atoms in total. The Labute approximate surface area is 184 Å². The molecule has 160 valence electrons. The van der Waals surface area contributed by atoms with Crippen LogP contribution < -0.4 is 15.0 Å². The third kappa shape index (κ3) is 3.24. The molecule has 5 heterocycles. The Morgan fingerprint density at radius 1 is 1.12 bits per heavy atom.